The lowest BCUT2D eigenvalue weighted by Crippen LogP contribution is -2.47. The van der Waals surface area contributed by atoms with Gasteiger partial charge in [0.05, 0.1) is 18.7 Å². The van der Waals surface area contributed by atoms with E-state index in [0.29, 0.717) is 5.56 Å². The van der Waals surface area contributed by atoms with Gasteiger partial charge in [-0.1, -0.05) is 18.2 Å². The van der Waals surface area contributed by atoms with Crippen LogP contribution in [0.5, 0.6) is 5.75 Å². The Kier molecular flexibility index (Phi) is 4.06. The van der Waals surface area contributed by atoms with E-state index in [4.69, 9.17) is 4.74 Å². The highest BCUT2D eigenvalue weighted by molar-refractivity contribution is 5.96. The van der Waals surface area contributed by atoms with Crippen LogP contribution < -0.4 is 20.5 Å². The average molecular weight is 313 g/mol. The van der Waals surface area contributed by atoms with E-state index in [-0.39, 0.29) is 23.3 Å². The number of amides is 1. The zero-order chi connectivity index (χ0) is 16.4. The SMILES string of the molecule is COc1cc(=O)[nH]cc1C(=O)NC1Cc2ccccc2N(C)C1. The highest BCUT2D eigenvalue weighted by Gasteiger charge is 2.24. The minimum atomic E-state index is -0.301. The van der Waals surface area contributed by atoms with E-state index < -0.39 is 0 Å². The van der Waals surface area contributed by atoms with Crippen LogP contribution in [0.4, 0.5) is 5.69 Å². The minimum absolute atomic E-state index is 0.000894. The van der Waals surface area contributed by atoms with Crippen LogP contribution >= 0.6 is 0 Å². The zero-order valence-electron chi connectivity index (χ0n) is 13.1. The quantitative estimate of drug-likeness (QED) is 0.892. The van der Waals surface area contributed by atoms with Crippen LogP contribution in [0.1, 0.15) is 15.9 Å². The number of aromatic nitrogens is 1. The Morgan fingerprint density at radius 2 is 2.17 bits per heavy atom. The summed E-state index contributed by atoms with van der Waals surface area (Å²) >= 11 is 0. The Balaban J connectivity index is 1.78. The van der Waals surface area contributed by atoms with Gasteiger partial charge in [0, 0.05) is 31.5 Å². The van der Waals surface area contributed by atoms with Gasteiger partial charge in [-0.3, -0.25) is 9.59 Å². The predicted octanol–water partition coefficient (Wildman–Crippen LogP) is 1.17. The molecule has 1 aliphatic rings. The zero-order valence-corrected chi connectivity index (χ0v) is 13.1. The molecule has 1 amide bonds. The van der Waals surface area contributed by atoms with Gasteiger partial charge in [-0.2, -0.15) is 0 Å². The fourth-order valence-electron chi connectivity index (χ4n) is 2.97. The fraction of sp³-hybridized carbons (Fsp3) is 0.294. The number of pyridine rings is 1. The van der Waals surface area contributed by atoms with Crippen molar-refractivity contribution in [3.8, 4) is 5.75 Å². The number of H-pyrrole nitrogens is 1. The molecule has 6 nitrogen and oxygen atoms in total. The Labute approximate surface area is 134 Å². The van der Waals surface area contributed by atoms with Gasteiger partial charge in [0.25, 0.3) is 11.5 Å². The maximum absolute atomic E-state index is 12.5. The van der Waals surface area contributed by atoms with Crippen molar-refractivity contribution in [1.29, 1.82) is 0 Å². The molecule has 2 heterocycles. The standard InChI is InChI=1S/C17H19N3O3/c1-20-10-12(7-11-5-3-4-6-14(11)20)19-17(22)13-9-18-16(21)8-15(13)23-2/h3-6,8-9,12H,7,10H2,1-2H3,(H,18,21)(H,19,22). The van der Waals surface area contributed by atoms with Crippen LogP contribution in [0.2, 0.25) is 0 Å². The number of nitrogens with zero attached hydrogens (tertiary/aromatic N) is 1. The van der Waals surface area contributed by atoms with Gasteiger partial charge < -0.3 is 19.9 Å². The van der Waals surface area contributed by atoms with E-state index in [0.717, 1.165) is 13.0 Å². The first-order valence-corrected chi connectivity index (χ1v) is 7.45. The molecule has 6 heteroatoms. The van der Waals surface area contributed by atoms with Crippen molar-refractivity contribution >= 4 is 11.6 Å². The number of aromatic amines is 1. The van der Waals surface area contributed by atoms with Crippen molar-refractivity contribution in [1.82, 2.24) is 10.3 Å². The molecule has 0 radical (unpaired) electrons. The molecule has 0 spiro atoms. The average Bonchev–Trinajstić information content (AvgIpc) is 2.54. The van der Waals surface area contributed by atoms with Crippen molar-refractivity contribution < 1.29 is 9.53 Å². The largest absolute Gasteiger partial charge is 0.496 e. The fourth-order valence-corrected chi connectivity index (χ4v) is 2.97. The van der Waals surface area contributed by atoms with Crippen LogP contribution in [-0.4, -0.2) is 37.6 Å². The Bertz CT molecular complexity index is 785. The summed E-state index contributed by atoms with van der Waals surface area (Å²) in [7, 11) is 3.45. The van der Waals surface area contributed by atoms with Gasteiger partial charge in [-0.15, -0.1) is 0 Å². The van der Waals surface area contributed by atoms with E-state index >= 15 is 0 Å². The number of rotatable bonds is 3. The molecule has 0 saturated heterocycles. The predicted molar refractivity (Wildman–Crippen MR) is 88.3 cm³/mol. The maximum Gasteiger partial charge on any atom is 0.256 e. The summed E-state index contributed by atoms with van der Waals surface area (Å²) in [4.78, 5) is 28.5. The van der Waals surface area contributed by atoms with Crippen molar-refractivity contribution in [3.63, 3.8) is 0 Å². The van der Waals surface area contributed by atoms with E-state index in [1.165, 1.54) is 30.6 Å². The number of ether oxygens (including phenoxy) is 1. The lowest BCUT2D eigenvalue weighted by Gasteiger charge is -2.33. The number of benzene rings is 1. The van der Waals surface area contributed by atoms with Crippen LogP contribution in [-0.2, 0) is 6.42 Å². The van der Waals surface area contributed by atoms with E-state index in [2.05, 4.69) is 27.3 Å². The van der Waals surface area contributed by atoms with E-state index in [1.54, 1.807) is 0 Å². The van der Waals surface area contributed by atoms with E-state index in [9.17, 15) is 9.59 Å². The molecular formula is C17H19N3O3. The molecule has 120 valence electrons. The third-order valence-electron chi connectivity index (χ3n) is 4.05. The molecule has 0 aliphatic carbocycles. The highest BCUT2D eigenvalue weighted by Crippen LogP contribution is 2.25. The molecule has 2 aromatic rings. The first kappa shape index (κ1) is 15.1. The van der Waals surface area contributed by atoms with Gasteiger partial charge >= 0.3 is 0 Å². The second-order valence-electron chi connectivity index (χ2n) is 5.66. The first-order chi connectivity index (χ1) is 11.1. The molecule has 1 atom stereocenters. The maximum atomic E-state index is 12.5. The minimum Gasteiger partial charge on any atom is -0.496 e. The molecule has 3 rings (SSSR count). The highest BCUT2D eigenvalue weighted by atomic mass is 16.5. The van der Waals surface area contributed by atoms with Gasteiger partial charge in [-0.25, -0.2) is 0 Å². The number of fused-ring (bicyclic) bond motifs is 1. The van der Waals surface area contributed by atoms with Crippen LogP contribution in [0.3, 0.4) is 0 Å². The van der Waals surface area contributed by atoms with Gasteiger partial charge in [0.2, 0.25) is 0 Å². The van der Waals surface area contributed by atoms with Crippen LogP contribution in [0.15, 0.2) is 41.3 Å². The Hall–Kier alpha value is -2.76. The number of methoxy groups -OCH3 is 1. The molecule has 23 heavy (non-hydrogen) atoms. The summed E-state index contributed by atoms with van der Waals surface area (Å²) in [6.07, 6.45) is 2.16. The number of hydrogen-bond donors (Lipinski definition) is 2. The molecule has 0 saturated carbocycles. The number of anilines is 1. The number of para-hydroxylation sites is 1. The molecule has 1 aromatic carbocycles. The molecule has 1 aromatic heterocycles. The molecule has 2 N–H and O–H groups in total. The second kappa shape index (κ2) is 6.16. The summed E-state index contributed by atoms with van der Waals surface area (Å²) in [5.41, 5.74) is 2.43. The Morgan fingerprint density at radius 3 is 2.96 bits per heavy atom. The summed E-state index contributed by atoms with van der Waals surface area (Å²) in [5, 5.41) is 3.02. The number of hydrogen-bond acceptors (Lipinski definition) is 4. The normalized spacial score (nSPS) is 16.6. The molecule has 0 fully saturated rings. The third kappa shape index (κ3) is 3.06. The van der Waals surface area contributed by atoms with Crippen LogP contribution in [0, 0.1) is 0 Å². The summed E-state index contributed by atoms with van der Waals surface area (Å²) < 4.78 is 5.12. The van der Waals surface area contributed by atoms with Gasteiger partial charge in [0.15, 0.2) is 0 Å². The molecular weight excluding hydrogens is 294 g/mol. The topological polar surface area (TPSA) is 74.4 Å². The van der Waals surface area contributed by atoms with Crippen LogP contribution in [0.25, 0.3) is 0 Å². The molecule has 0 bridgehead atoms. The third-order valence-corrected chi connectivity index (χ3v) is 4.05. The van der Waals surface area contributed by atoms with Gasteiger partial charge in [-0.05, 0) is 18.1 Å². The summed E-state index contributed by atoms with van der Waals surface area (Å²) in [6, 6.07) is 9.45. The number of carbonyl (C=O) groups is 1. The summed E-state index contributed by atoms with van der Waals surface area (Å²) in [5.74, 6) is 0.0201. The Morgan fingerprint density at radius 1 is 1.39 bits per heavy atom. The van der Waals surface area contributed by atoms with Crippen molar-refractivity contribution in [3.05, 3.63) is 58.0 Å². The summed E-state index contributed by atoms with van der Waals surface area (Å²) in [6.45, 7) is 0.731. The lowest BCUT2D eigenvalue weighted by atomic mass is 9.98. The number of carbonyl (C=O) groups excluding carboxylic acids is 1. The number of nitrogens with one attached hydrogen (secondary N) is 2. The van der Waals surface area contributed by atoms with Crippen molar-refractivity contribution in [2.45, 2.75) is 12.5 Å². The first-order valence-electron chi connectivity index (χ1n) is 7.45. The monoisotopic (exact) mass is 313 g/mol. The van der Waals surface area contributed by atoms with E-state index in [1.807, 2.05) is 19.2 Å². The lowest BCUT2D eigenvalue weighted by molar-refractivity contribution is 0.0933. The van der Waals surface area contributed by atoms with Crippen molar-refractivity contribution in [2.75, 3.05) is 25.6 Å². The molecule has 1 aliphatic heterocycles. The molecule has 1 unspecified atom stereocenters. The second-order valence-corrected chi connectivity index (χ2v) is 5.66. The smallest absolute Gasteiger partial charge is 0.256 e. The van der Waals surface area contributed by atoms with Crippen molar-refractivity contribution in [2.24, 2.45) is 0 Å². The van der Waals surface area contributed by atoms with Gasteiger partial charge in [0.1, 0.15) is 5.75 Å². The number of likely N-dealkylation sites (N-methyl/N-ethyl adjacent to an activating group) is 1.